The topological polar surface area (TPSA) is 81.5 Å². The lowest BCUT2D eigenvalue weighted by molar-refractivity contribution is -0.385. The first-order valence-corrected chi connectivity index (χ1v) is 8.12. The smallest absolute Gasteiger partial charge is 0.274 e. The van der Waals surface area contributed by atoms with Gasteiger partial charge in [0.1, 0.15) is 5.75 Å². The third-order valence-corrected chi connectivity index (χ3v) is 4.02. The van der Waals surface area contributed by atoms with Gasteiger partial charge in [0.25, 0.3) is 11.6 Å². The minimum Gasteiger partial charge on any atom is -0.480 e. The molecule has 0 aromatic heterocycles. The molecule has 0 aliphatic carbocycles. The number of aryl methyl sites for hydroxylation is 2. The second-order valence-electron chi connectivity index (χ2n) is 5.98. The van der Waals surface area contributed by atoms with Gasteiger partial charge in [0.05, 0.1) is 16.2 Å². The molecule has 0 aliphatic heterocycles. The molecule has 0 saturated carbocycles. The maximum atomic E-state index is 12.6. The highest BCUT2D eigenvalue weighted by molar-refractivity contribution is 5.95. The summed E-state index contributed by atoms with van der Waals surface area (Å²) < 4.78 is 5.86. The van der Waals surface area contributed by atoms with Crippen LogP contribution in [0.25, 0.3) is 0 Å². The van der Waals surface area contributed by atoms with Gasteiger partial charge in [-0.2, -0.15) is 0 Å². The number of nitro groups is 1. The predicted octanol–water partition coefficient (Wildman–Crippen LogP) is 4.32. The van der Waals surface area contributed by atoms with Gasteiger partial charge >= 0.3 is 0 Å². The van der Waals surface area contributed by atoms with Gasteiger partial charge in [-0.05, 0) is 44.9 Å². The molecule has 2 aromatic rings. The Hall–Kier alpha value is -2.89. The Kier molecular flexibility index (Phi) is 5.75. The molecule has 0 spiro atoms. The van der Waals surface area contributed by atoms with Gasteiger partial charge in [0.2, 0.25) is 0 Å². The van der Waals surface area contributed by atoms with Crippen LogP contribution in [-0.4, -0.2) is 16.9 Å². The van der Waals surface area contributed by atoms with Gasteiger partial charge < -0.3 is 10.1 Å². The number of hydrogen-bond acceptors (Lipinski definition) is 4. The predicted molar refractivity (Wildman–Crippen MR) is 97.1 cm³/mol. The van der Waals surface area contributed by atoms with E-state index < -0.39 is 11.0 Å². The molecule has 0 aliphatic rings. The van der Waals surface area contributed by atoms with Crippen molar-refractivity contribution in [2.75, 3.05) is 5.32 Å². The van der Waals surface area contributed by atoms with Crippen LogP contribution in [0.4, 0.5) is 11.4 Å². The van der Waals surface area contributed by atoms with E-state index in [1.807, 2.05) is 39.0 Å². The number of nitrogens with zero attached hydrogens (tertiary/aromatic N) is 1. The number of rotatable bonds is 6. The van der Waals surface area contributed by atoms with Crippen LogP contribution in [0.5, 0.6) is 5.75 Å². The van der Waals surface area contributed by atoms with Gasteiger partial charge in [0.15, 0.2) is 6.10 Å². The van der Waals surface area contributed by atoms with E-state index in [9.17, 15) is 14.9 Å². The normalized spacial score (nSPS) is 11.7. The fraction of sp³-hybridized carbons (Fsp3) is 0.316. The summed E-state index contributed by atoms with van der Waals surface area (Å²) in [6, 6.07) is 10.4. The van der Waals surface area contributed by atoms with E-state index >= 15 is 0 Å². The molecule has 6 nitrogen and oxygen atoms in total. The van der Waals surface area contributed by atoms with Crippen molar-refractivity contribution in [1.29, 1.82) is 0 Å². The van der Waals surface area contributed by atoms with E-state index in [0.29, 0.717) is 23.4 Å². The number of amides is 1. The Morgan fingerprint density at radius 3 is 2.56 bits per heavy atom. The number of carbonyl (C=O) groups excluding carboxylic acids is 1. The molecule has 132 valence electrons. The van der Waals surface area contributed by atoms with Crippen LogP contribution in [0.15, 0.2) is 36.4 Å². The second kappa shape index (κ2) is 7.79. The zero-order chi connectivity index (χ0) is 18.6. The van der Waals surface area contributed by atoms with Gasteiger partial charge in [-0.15, -0.1) is 0 Å². The van der Waals surface area contributed by atoms with Crippen molar-refractivity contribution in [3.05, 3.63) is 63.2 Å². The molecule has 1 N–H and O–H groups in total. The fourth-order valence-corrected chi connectivity index (χ4v) is 2.58. The molecule has 2 rings (SSSR count). The number of carbonyl (C=O) groups is 1. The highest BCUT2D eigenvalue weighted by Gasteiger charge is 2.22. The monoisotopic (exact) mass is 342 g/mol. The zero-order valence-electron chi connectivity index (χ0n) is 14.8. The van der Waals surface area contributed by atoms with Crippen LogP contribution in [-0.2, 0) is 4.79 Å². The Balaban J connectivity index is 2.18. The lowest BCUT2D eigenvalue weighted by Crippen LogP contribution is -2.32. The first kappa shape index (κ1) is 18.4. The highest BCUT2D eigenvalue weighted by Crippen LogP contribution is 2.26. The lowest BCUT2D eigenvalue weighted by Gasteiger charge is -2.19. The Morgan fingerprint density at radius 2 is 1.96 bits per heavy atom. The molecule has 6 heteroatoms. The Morgan fingerprint density at radius 1 is 1.24 bits per heavy atom. The maximum Gasteiger partial charge on any atom is 0.274 e. The standard InChI is InChI=1S/C19H22N2O4/c1-5-17(25-18-10-9-12(2)11-13(18)3)19(22)20-15-7-6-8-16(14(15)4)21(23)24/h6-11,17H,5H2,1-4H3,(H,20,22). The summed E-state index contributed by atoms with van der Waals surface area (Å²) in [5.41, 5.74) is 2.89. The van der Waals surface area contributed by atoms with Gasteiger partial charge in [-0.25, -0.2) is 0 Å². The van der Waals surface area contributed by atoms with E-state index in [1.165, 1.54) is 6.07 Å². The molecule has 2 aromatic carbocycles. The summed E-state index contributed by atoms with van der Waals surface area (Å²) in [6.45, 7) is 7.39. The van der Waals surface area contributed by atoms with Crippen LogP contribution >= 0.6 is 0 Å². The third-order valence-electron chi connectivity index (χ3n) is 4.02. The largest absolute Gasteiger partial charge is 0.480 e. The summed E-state index contributed by atoms with van der Waals surface area (Å²) in [6.07, 6.45) is -0.201. The van der Waals surface area contributed by atoms with Gasteiger partial charge in [-0.1, -0.05) is 30.7 Å². The average molecular weight is 342 g/mol. The molecule has 0 saturated heterocycles. The van der Waals surface area contributed by atoms with Crippen LogP contribution in [0.3, 0.4) is 0 Å². The summed E-state index contributed by atoms with van der Waals surface area (Å²) in [5.74, 6) is 0.328. The quantitative estimate of drug-likeness (QED) is 0.626. The molecule has 25 heavy (non-hydrogen) atoms. The van der Waals surface area contributed by atoms with E-state index in [-0.39, 0.29) is 11.6 Å². The number of benzene rings is 2. The first-order chi connectivity index (χ1) is 11.8. The van der Waals surface area contributed by atoms with Gasteiger partial charge in [-0.3, -0.25) is 14.9 Å². The summed E-state index contributed by atoms with van der Waals surface area (Å²) in [5, 5.41) is 13.8. The summed E-state index contributed by atoms with van der Waals surface area (Å²) >= 11 is 0. The molecule has 1 amide bonds. The number of ether oxygens (including phenoxy) is 1. The van der Waals surface area contributed by atoms with Crippen molar-refractivity contribution in [2.45, 2.75) is 40.2 Å². The van der Waals surface area contributed by atoms with Crippen LogP contribution in [0, 0.1) is 30.9 Å². The summed E-state index contributed by atoms with van der Waals surface area (Å²) in [7, 11) is 0. The molecule has 0 bridgehead atoms. The molecular formula is C19H22N2O4. The highest BCUT2D eigenvalue weighted by atomic mass is 16.6. The molecule has 0 heterocycles. The minimum absolute atomic E-state index is 0.0267. The minimum atomic E-state index is -0.680. The van der Waals surface area contributed by atoms with Crippen molar-refractivity contribution in [2.24, 2.45) is 0 Å². The molecule has 0 fully saturated rings. The van der Waals surface area contributed by atoms with Crippen LogP contribution in [0.1, 0.15) is 30.0 Å². The van der Waals surface area contributed by atoms with E-state index in [4.69, 9.17) is 4.74 Å². The van der Waals surface area contributed by atoms with Crippen molar-refractivity contribution in [3.8, 4) is 5.75 Å². The van der Waals surface area contributed by atoms with E-state index in [0.717, 1.165) is 11.1 Å². The Labute approximate surface area is 147 Å². The Bertz CT molecular complexity index is 802. The average Bonchev–Trinajstić information content (AvgIpc) is 2.55. The fourth-order valence-electron chi connectivity index (χ4n) is 2.58. The third kappa shape index (κ3) is 4.35. The number of anilines is 1. The van der Waals surface area contributed by atoms with Crippen molar-refractivity contribution < 1.29 is 14.5 Å². The van der Waals surface area contributed by atoms with Crippen molar-refractivity contribution >= 4 is 17.3 Å². The van der Waals surface area contributed by atoms with Crippen LogP contribution in [0.2, 0.25) is 0 Å². The number of hydrogen-bond donors (Lipinski definition) is 1. The van der Waals surface area contributed by atoms with E-state index in [1.54, 1.807) is 19.1 Å². The summed E-state index contributed by atoms with van der Waals surface area (Å²) in [4.78, 5) is 23.1. The van der Waals surface area contributed by atoms with Crippen molar-refractivity contribution in [3.63, 3.8) is 0 Å². The van der Waals surface area contributed by atoms with Crippen LogP contribution < -0.4 is 10.1 Å². The number of nitro benzene ring substituents is 1. The first-order valence-electron chi connectivity index (χ1n) is 8.12. The molecule has 1 atom stereocenters. The van der Waals surface area contributed by atoms with Gasteiger partial charge in [0, 0.05) is 6.07 Å². The van der Waals surface area contributed by atoms with E-state index in [2.05, 4.69) is 5.32 Å². The number of nitrogens with one attached hydrogen (secondary N) is 1. The maximum absolute atomic E-state index is 12.6. The molecule has 0 radical (unpaired) electrons. The zero-order valence-corrected chi connectivity index (χ0v) is 14.8. The second-order valence-corrected chi connectivity index (χ2v) is 5.98. The van der Waals surface area contributed by atoms with Crippen molar-refractivity contribution in [1.82, 2.24) is 0 Å². The molecule has 1 unspecified atom stereocenters. The lowest BCUT2D eigenvalue weighted by atomic mass is 10.1. The molecular weight excluding hydrogens is 320 g/mol. The SMILES string of the molecule is CCC(Oc1ccc(C)cc1C)C(=O)Nc1cccc([N+](=O)[O-])c1C.